The van der Waals surface area contributed by atoms with Crippen LogP contribution in [0.2, 0.25) is 0 Å². The molecule has 0 aliphatic heterocycles. The molecule has 0 unspecified atom stereocenters. The van der Waals surface area contributed by atoms with Gasteiger partial charge in [0.25, 0.3) is 5.91 Å². The number of thioether (sulfide) groups is 1. The third-order valence-electron chi connectivity index (χ3n) is 5.74. The number of para-hydroxylation sites is 1. The number of hydrogen-bond acceptors (Lipinski definition) is 6. The van der Waals surface area contributed by atoms with Crippen molar-refractivity contribution < 1.29 is 22.4 Å². The number of rotatable bonds is 9. The van der Waals surface area contributed by atoms with Crippen molar-refractivity contribution in [3.63, 3.8) is 0 Å². The van der Waals surface area contributed by atoms with Gasteiger partial charge in [-0.25, -0.2) is 4.98 Å². The van der Waals surface area contributed by atoms with Crippen molar-refractivity contribution in [3.05, 3.63) is 125 Å². The van der Waals surface area contributed by atoms with Crippen LogP contribution < -0.4 is 5.32 Å². The summed E-state index contributed by atoms with van der Waals surface area (Å²) < 4.78 is 46.2. The molecule has 0 aliphatic rings. The molecule has 0 radical (unpaired) electrons. The number of amides is 1. The number of halogens is 3. The quantitative estimate of drug-likeness (QED) is 0.224. The fourth-order valence-electron chi connectivity index (χ4n) is 3.86. The number of hydrogen-bond donors (Lipinski definition) is 1. The molecular weight excluding hydrogens is 527 g/mol. The van der Waals surface area contributed by atoms with Crippen LogP contribution in [0.4, 0.5) is 13.2 Å². The average molecular weight is 550 g/mol. The zero-order valence-electron chi connectivity index (χ0n) is 20.4. The van der Waals surface area contributed by atoms with Gasteiger partial charge >= 0.3 is 6.18 Å². The molecule has 11 heteroatoms. The molecule has 1 N–H and O–H groups in total. The normalized spacial score (nSPS) is 11.5. The van der Waals surface area contributed by atoms with Gasteiger partial charge in [-0.05, 0) is 35.4 Å². The van der Waals surface area contributed by atoms with Crippen molar-refractivity contribution in [1.82, 2.24) is 25.1 Å². The van der Waals surface area contributed by atoms with Gasteiger partial charge < -0.3 is 9.73 Å². The van der Waals surface area contributed by atoms with Crippen LogP contribution in [0, 0.1) is 0 Å². The van der Waals surface area contributed by atoms with Crippen LogP contribution in [0.3, 0.4) is 0 Å². The van der Waals surface area contributed by atoms with Gasteiger partial charge in [0.2, 0.25) is 5.89 Å². The molecule has 0 spiro atoms. The van der Waals surface area contributed by atoms with Gasteiger partial charge in [0.15, 0.2) is 10.9 Å². The average Bonchev–Trinajstić information content (AvgIpc) is 3.58. The molecule has 0 aliphatic carbocycles. The highest BCUT2D eigenvalue weighted by molar-refractivity contribution is 7.98. The summed E-state index contributed by atoms with van der Waals surface area (Å²) in [6, 6.07) is 24.5. The molecule has 0 atom stereocenters. The van der Waals surface area contributed by atoms with E-state index in [0.717, 1.165) is 29.2 Å². The molecular formula is C28H22F3N5O2S. The maximum absolute atomic E-state index is 12.9. The minimum absolute atomic E-state index is 0.0341. The summed E-state index contributed by atoms with van der Waals surface area (Å²) in [5.41, 5.74) is 1.60. The van der Waals surface area contributed by atoms with E-state index in [0.29, 0.717) is 23.0 Å². The summed E-state index contributed by atoms with van der Waals surface area (Å²) in [4.78, 5) is 16.7. The Hall–Kier alpha value is -4.38. The first-order valence-electron chi connectivity index (χ1n) is 11.9. The lowest BCUT2D eigenvalue weighted by molar-refractivity contribution is -0.137. The van der Waals surface area contributed by atoms with E-state index in [2.05, 4.69) is 20.5 Å². The number of carbonyl (C=O) groups excluding carboxylic acids is 1. The second kappa shape index (κ2) is 11.6. The third kappa shape index (κ3) is 6.55. The van der Waals surface area contributed by atoms with Gasteiger partial charge in [-0.1, -0.05) is 72.4 Å². The largest absolute Gasteiger partial charge is 0.447 e. The van der Waals surface area contributed by atoms with Crippen molar-refractivity contribution in [2.45, 2.75) is 30.1 Å². The van der Waals surface area contributed by atoms with Gasteiger partial charge in [-0.3, -0.25) is 9.36 Å². The molecule has 2 aromatic heterocycles. The Morgan fingerprint density at radius 3 is 2.38 bits per heavy atom. The molecule has 0 bridgehead atoms. The highest BCUT2D eigenvalue weighted by Crippen LogP contribution is 2.29. The Kier molecular flexibility index (Phi) is 7.78. The molecule has 1 amide bonds. The van der Waals surface area contributed by atoms with Crippen LogP contribution in [0.5, 0.6) is 0 Å². The lowest BCUT2D eigenvalue weighted by Gasteiger charge is -2.10. The van der Waals surface area contributed by atoms with Gasteiger partial charge in [-0.15, -0.1) is 10.2 Å². The minimum Gasteiger partial charge on any atom is -0.447 e. The van der Waals surface area contributed by atoms with Crippen LogP contribution >= 0.6 is 11.8 Å². The first-order chi connectivity index (χ1) is 18.9. The van der Waals surface area contributed by atoms with E-state index in [1.165, 1.54) is 30.2 Å². The predicted molar refractivity (Wildman–Crippen MR) is 139 cm³/mol. The Labute approximate surface area is 226 Å². The van der Waals surface area contributed by atoms with Gasteiger partial charge in [0.1, 0.15) is 12.1 Å². The Balaban J connectivity index is 1.25. The fraction of sp³-hybridized carbons (Fsp3) is 0.143. The van der Waals surface area contributed by atoms with E-state index in [1.807, 2.05) is 65.2 Å². The second-order valence-corrected chi connectivity index (χ2v) is 9.47. The number of aromatic nitrogens is 4. The molecule has 39 heavy (non-hydrogen) atoms. The summed E-state index contributed by atoms with van der Waals surface area (Å²) in [7, 11) is 0. The van der Waals surface area contributed by atoms with Crippen molar-refractivity contribution >= 4 is 17.7 Å². The van der Waals surface area contributed by atoms with E-state index >= 15 is 0 Å². The lowest BCUT2D eigenvalue weighted by Crippen LogP contribution is -2.23. The van der Waals surface area contributed by atoms with Crippen LogP contribution in [0.1, 0.15) is 38.9 Å². The maximum atomic E-state index is 12.9. The number of nitrogens with one attached hydrogen (secondary N) is 1. The zero-order valence-corrected chi connectivity index (χ0v) is 21.2. The molecule has 0 saturated carbocycles. The van der Waals surface area contributed by atoms with Gasteiger partial charge in [0, 0.05) is 18.7 Å². The maximum Gasteiger partial charge on any atom is 0.416 e. The number of nitrogens with zero attached hydrogens (tertiary/aromatic N) is 4. The highest BCUT2D eigenvalue weighted by atomic mass is 32.2. The summed E-state index contributed by atoms with van der Waals surface area (Å²) in [6.07, 6.45) is -2.63. The molecule has 3 aromatic carbocycles. The fourth-order valence-corrected chi connectivity index (χ4v) is 4.69. The summed E-state index contributed by atoms with van der Waals surface area (Å²) >= 11 is 1.36. The molecule has 7 nitrogen and oxygen atoms in total. The van der Waals surface area contributed by atoms with Crippen LogP contribution in [-0.4, -0.2) is 25.7 Å². The zero-order chi connectivity index (χ0) is 27.2. The lowest BCUT2D eigenvalue weighted by atomic mass is 10.1. The monoisotopic (exact) mass is 549 g/mol. The molecule has 198 valence electrons. The molecule has 5 aromatic rings. The minimum atomic E-state index is -4.45. The smallest absolute Gasteiger partial charge is 0.416 e. The molecule has 0 saturated heterocycles. The summed E-state index contributed by atoms with van der Waals surface area (Å²) in [5.74, 6) is 0.815. The third-order valence-corrected chi connectivity index (χ3v) is 6.65. The Morgan fingerprint density at radius 1 is 0.923 bits per heavy atom. The molecule has 5 rings (SSSR count). The first-order valence-corrected chi connectivity index (χ1v) is 12.9. The standard InChI is InChI=1S/C28H22F3N5O2S/c29-28(30,31)21-11-7-10-20(14-21)16-32-26(37)23-17-38-25(33-23)18-39-27-35-34-24(15-19-8-3-1-4-9-19)36(27)22-12-5-2-6-13-22/h1-14,17H,15-16,18H2,(H,32,37). The Morgan fingerprint density at radius 2 is 1.64 bits per heavy atom. The summed E-state index contributed by atoms with van der Waals surface area (Å²) in [6.45, 7) is -0.0793. The predicted octanol–water partition coefficient (Wildman–Crippen LogP) is 6.09. The van der Waals surface area contributed by atoms with E-state index in [1.54, 1.807) is 0 Å². The van der Waals surface area contributed by atoms with Crippen LogP contribution in [0.15, 0.2) is 101 Å². The second-order valence-electron chi connectivity index (χ2n) is 8.53. The number of oxazole rings is 1. The number of alkyl halides is 3. The van der Waals surface area contributed by atoms with Crippen molar-refractivity contribution in [2.24, 2.45) is 0 Å². The number of carbonyl (C=O) groups is 1. The van der Waals surface area contributed by atoms with Crippen LogP contribution in [-0.2, 0) is 24.9 Å². The highest BCUT2D eigenvalue weighted by Gasteiger charge is 2.30. The van der Waals surface area contributed by atoms with Crippen molar-refractivity contribution in [1.29, 1.82) is 0 Å². The van der Waals surface area contributed by atoms with Crippen molar-refractivity contribution in [2.75, 3.05) is 0 Å². The van der Waals surface area contributed by atoms with E-state index in [-0.39, 0.29) is 18.0 Å². The first kappa shape index (κ1) is 26.2. The van der Waals surface area contributed by atoms with E-state index < -0.39 is 17.6 Å². The SMILES string of the molecule is O=C(NCc1cccc(C(F)(F)F)c1)c1coc(CSc2nnc(Cc3ccccc3)n2-c2ccccc2)n1. The van der Waals surface area contributed by atoms with Crippen LogP contribution in [0.25, 0.3) is 5.69 Å². The van der Waals surface area contributed by atoms with Gasteiger partial charge in [0.05, 0.1) is 11.3 Å². The number of benzene rings is 3. The van der Waals surface area contributed by atoms with E-state index in [9.17, 15) is 18.0 Å². The van der Waals surface area contributed by atoms with Crippen molar-refractivity contribution in [3.8, 4) is 5.69 Å². The Bertz CT molecular complexity index is 1550. The van der Waals surface area contributed by atoms with E-state index in [4.69, 9.17) is 4.42 Å². The topological polar surface area (TPSA) is 85.8 Å². The summed E-state index contributed by atoms with van der Waals surface area (Å²) in [5, 5.41) is 12.0. The van der Waals surface area contributed by atoms with Gasteiger partial charge in [-0.2, -0.15) is 13.2 Å². The molecule has 0 fully saturated rings. The molecule has 2 heterocycles.